The highest BCUT2D eigenvalue weighted by Crippen LogP contribution is 2.25. The number of rotatable bonds is 3. The molecule has 0 amide bonds. The van der Waals surface area contributed by atoms with Crippen molar-refractivity contribution in [3.63, 3.8) is 0 Å². The molecule has 0 aliphatic carbocycles. The summed E-state index contributed by atoms with van der Waals surface area (Å²) >= 11 is 3.03. The maximum absolute atomic E-state index is 13.0. The van der Waals surface area contributed by atoms with Crippen molar-refractivity contribution in [3.05, 3.63) is 28.2 Å². The van der Waals surface area contributed by atoms with Gasteiger partial charge in [0, 0.05) is 10.9 Å². The molecular formula is C10H7BrF2O. The van der Waals surface area contributed by atoms with Crippen LogP contribution in [-0.2, 0) is 0 Å². The molecule has 0 atom stereocenters. The van der Waals surface area contributed by atoms with Gasteiger partial charge in [0.2, 0.25) is 5.82 Å². The average Bonchev–Trinajstić information content (AvgIpc) is 2.13. The fourth-order valence-electron chi connectivity index (χ4n) is 0.857. The molecule has 0 heterocycles. The van der Waals surface area contributed by atoms with E-state index in [0.717, 1.165) is 6.07 Å². The number of halogens is 3. The van der Waals surface area contributed by atoms with Crippen LogP contribution in [0.3, 0.4) is 0 Å². The molecule has 0 N–H and O–H groups in total. The van der Waals surface area contributed by atoms with E-state index in [1.807, 2.05) is 0 Å². The Hall–Kier alpha value is -1.08. The van der Waals surface area contributed by atoms with Gasteiger partial charge in [-0.3, -0.25) is 0 Å². The van der Waals surface area contributed by atoms with Crippen molar-refractivity contribution in [2.75, 3.05) is 6.61 Å². The SMILES string of the molecule is C#CCCOc1cc(Br)cc(F)c1F. The first-order valence-electron chi connectivity index (χ1n) is 3.86. The zero-order chi connectivity index (χ0) is 10.6. The van der Waals surface area contributed by atoms with E-state index in [9.17, 15) is 8.78 Å². The maximum Gasteiger partial charge on any atom is 0.200 e. The fourth-order valence-corrected chi connectivity index (χ4v) is 1.27. The lowest BCUT2D eigenvalue weighted by atomic mass is 10.3. The molecule has 0 aliphatic heterocycles. The third-order valence-corrected chi connectivity index (χ3v) is 1.92. The first-order valence-corrected chi connectivity index (χ1v) is 4.65. The molecule has 1 aromatic carbocycles. The van der Waals surface area contributed by atoms with Gasteiger partial charge in [-0.05, 0) is 12.1 Å². The molecule has 1 aromatic rings. The van der Waals surface area contributed by atoms with Gasteiger partial charge >= 0.3 is 0 Å². The van der Waals surface area contributed by atoms with E-state index >= 15 is 0 Å². The standard InChI is InChI=1S/C10H7BrF2O/c1-2-3-4-14-9-6-7(11)5-8(12)10(9)13/h1,5-6H,3-4H2. The lowest BCUT2D eigenvalue weighted by Crippen LogP contribution is -1.99. The van der Waals surface area contributed by atoms with Crippen LogP contribution >= 0.6 is 15.9 Å². The van der Waals surface area contributed by atoms with E-state index in [-0.39, 0.29) is 12.4 Å². The maximum atomic E-state index is 13.0. The topological polar surface area (TPSA) is 9.23 Å². The van der Waals surface area contributed by atoms with Crippen molar-refractivity contribution in [3.8, 4) is 18.1 Å². The quantitative estimate of drug-likeness (QED) is 0.461. The van der Waals surface area contributed by atoms with Crippen LogP contribution in [0, 0.1) is 24.0 Å². The van der Waals surface area contributed by atoms with E-state index in [4.69, 9.17) is 11.2 Å². The van der Waals surface area contributed by atoms with Crippen LogP contribution in [0.2, 0.25) is 0 Å². The molecule has 0 aliphatic rings. The Labute approximate surface area is 89.2 Å². The second kappa shape index (κ2) is 4.97. The van der Waals surface area contributed by atoms with Crippen LogP contribution in [0.25, 0.3) is 0 Å². The van der Waals surface area contributed by atoms with Crippen LogP contribution in [0.15, 0.2) is 16.6 Å². The first kappa shape index (κ1) is 11.0. The van der Waals surface area contributed by atoms with Crippen molar-refractivity contribution < 1.29 is 13.5 Å². The molecule has 1 rings (SSSR count). The van der Waals surface area contributed by atoms with Gasteiger partial charge in [0.1, 0.15) is 0 Å². The Morgan fingerprint density at radius 1 is 1.43 bits per heavy atom. The largest absolute Gasteiger partial charge is 0.489 e. The van der Waals surface area contributed by atoms with Crippen LogP contribution in [0.4, 0.5) is 8.78 Å². The third-order valence-electron chi connectivity index (χ3n) is 1.46. The normalized spacial score (nSPS) is 9.57. The van der Waals surface area contributed by atoms with Gasteiger partial charge in [-0.25, -0.2) is 4.39 Å². The summed E-state index contributed by atoms with van der Waals surface area (Å²) < 4.78 is 31.2. The highest BCUT2D eigenvalue weighted by atomic mass is 79.9. The van der Waals surface area contributed by atoms with Crippen LogP contribution in [-0.4, -0.2) is 6.61 Å². The number of benzene rings is 1. The Bertz CT molecular complexity index is 371. The summed E-state index contributed by atoms with van der Waals surface area (Å²) in [5.74, 6) is 0.257. The molecule has 0 fully saturated rings. The van der Waals surface area contributed by atoms with E-state index < -0.39 is 11.6 Å². The molecule has 4 heteroatoms. The molecule has 14 heavy (non-hydrogen) atoms. The molecule has 0 spiro atoms. The van der Waals surface area contributed by atoms with E-state index in [1.165, 1.54) is 6.07 Å². The molecule has 0 bridgehead atoms. The minimum absolute atomic E-state index is 0.132. The lowest BCUT2D eigenvalue weighted by molar-refractivity contribution is 0.303. The number of terminal acetylenes is 1. The van der Waals surface area contributed by atoms with Gasteiger partial charge < -0.3 is 4.74 Å². The van der Waals surface area contributed by atoms with Crippen molar-refractivity contribution in [2.45, 2.75) is 6.42 Å². The minimum atomic E-state index is -0.995. The summed E-state index contributed by atoms with van der Waals surface area (Å²) in [4.78, 5) is 0. The van der Waals surface area contributed by atoms with Crippen LogP contribution < -0.4 is 4.74 Å². The summed E-state index contributed by atoms with van der Waals surface area (Å²) in [6, 6.07) is 2.39. The van der Waals surface area contributed by atoms with Gasteiger partial charge in [0.25, 0.3) is 0 Å². The molecule has 0 unspecified atom stereocenters. The van der Waals surface area contributed by atoms with Crippen molar-refractivity contribution in [1.82, 2.24) is 0 Å². The highest BCUT2D eigenvalue weighted by molar-refractivity contribution is 9.10. The Balaban J connectivity index is 2.81. The third kappa shape index (κ3) is 2.71. The number of hydrogen-bond donors (Lipinski definition) is 0. The molecule has 0 aromatic heterocycles. The highest BCUT2D eigenvalue weighted by Gasteiger charge is 2.10. The summed E-state index contributed by atoms with van der Waals surface area (Å²) in [6.45, 7) is 0.170. The molecule has 1 nitrogen and oxygen atoms in total. The van der Waals surface area contributed by atoms with Gasteiger partial charge in [-0.2, -0.15) is 4.39 Å². The molecular weight excluding hydrogens is 254 g/mol. The minimum Gasteiger partial charge on any atom is -0.489 e. The summed E-state index contributed by atoms with van der Waals surface area (Å²) in [7, 11) is 0. The molecule has 0 saturated heterocycles. The second-order valence-corrected chi connectivity index (χ2v) is 3.42. The summed E-state index contributed by atoms with van der Waals surface area (Å²) in [5.41, 5.74) is 0. The predicted octanol–water partition coefficient (Wildman–Crippen LogP) is 3.13. The van der Waals surface area contributed by atoms with Crippen LogP contribution in [0.1, 0.15) is 6.42 Å². The number of ether oxygens (including phenoxy) is 1. The van der Waals surface area contributed by atoms with Gasteiger partial charge in [-0.1, -0.05) is 15.9 Å². The Morgan fingerprint density at radius 3 is 2.79 bits per heavy atom. The Morgan fingerprint density at radius 2 is 2.14 bits per heavy atom. The van der Waals surface area contributed by atoms with E-state index in [0.29, 0.717) is 10.9 Å². The Kier molecular flexibility index (Phi) is 3.90. The molecule has 0 radical (unpaired) electrons. The lowest BCUT2D eigenvalue weighted by Gasteiger charge is -2.06. The van der Waals surface area contributed by atoms with Crippen molar-refractivity contribution in [1.29, 1.82) is 0 Å². The zero-order valence-corrected chi connectivity index (χ0v) is 8.77. The van der Waals surface area contributed by atoms with Gasteiger partial charge in [0.05, 0.1) is 6.61 Å². The molecule has 0 saturated carbocycles. The smallest absolute Gasteiger partial charge is 0.200 e. The molecule has 74 valence electrons. The predicted molar refractivity (Wildman–Crippen MR) is 53.0 cm³/mol. The zero-order valence-electron chi connectivity index (χ0n) is 7.19. The average molecular weight is 261 g/mol. The summed E-state index contributed by atoms with van der Waals surface area (Å²) in [5, 5.41) is 0. The monoisotopic (exact) mass is 260 g/mol. The van der Waals surface area contributed by atoms with Crippen LogP contribution in [0.5, 0.6) is 5.75 Å². The van der Waals surface area contributed by atoms with Crippen molar-refractivity contribution in [2.24, 2.45) is 0 Å². The van der Waals surface area contributed by atoms with Gasteiger partial charge in [-0.15, -0.1) is 12.3 Å². The number of hydrogen-bond acceptors (Lipinski definition) is 1. The first-order chi connectivity index (χ1) is 6.65. The fraction of sp³-hybridized carbons (Fsp3) is 0.200. The van der Waals surface area contributed by atoms with Crippen molar-refractivity contribution >= 4 is 15.9 Å². The van der Waals surface area contributed by atoms with E-state index in [1.54, 1.807) is 0 Å². The second-order valence-electron chi connectivity index (χ2n) is 2.50. The summed E-state index contributed by atoms with van der Waals surface area (Å²) in [6.07, 6.45) is 5.34. The van der Waals surface area contributed by atoms with E-state index in [2.05, 4.69) is 21.9 Å². The van der Waals surface area contributed by atoms with Gasteiger partial charge in [0.15, 0.2) is 11.6 Å².